The lowest BCUT2D eigenvalue weighted by Gasteiger charge is -2.11. The fourth-order valence-corrected chi connectivity index (χ4v) is 1.97. The molecule has 0 fully saturated rings. The number of aromatic nitrogens is 1. The molecule has 2 rings (SSSR count). The Morgan fingerprint density at radius 3 is 2.53 bits per heavy atom. The molecule has 0 aliphatic heterocycles. The van der Waals surface area contributed by atoms with Crippen molar-refractivity contribution >= 4 is 11.6 Å². The van der Waals surface area contributed by atoms with Crippen molar-refractivity contribution in [2.24, 2.45) is 5.73 Å². The molecule has 0 saturated heterocycles. The molecule has 0 aliphatic carbocycles. The molecule has 2 aromatic rings. The van der Waals surface area contributed by atoms with E-state index in [1.54, 1.807) is 30.6 Å². The lowest BCUT2D eigenvalue weighted by molar-refractivity contribution is 0.102. The summed E-state index contributed by atoms with van der Waals surface area (Å²) in [5.74, 6) is -0.134. The van der Waals surface area contributed by atoms with E-state index in [9.17, 15) is 4.79 Å². The Bertz CT molecular complexity index is 579. The van der Waals surface area contributed by atoms with Crippen molar-refractivity contribution in [1.82, 2.24) is 4.98 Å². The second kappa shape index (κ2) is 5.63. The quantitative estimate of drug-likeness (QED) is 0.886. The molecule has 1 atom stereocenters. The van der Waals surface area contributed by atoms with Gasteiger partial charge in [0.05, 0.1) is 0 Å². The Morgan fingerprint density at radius 1 is 1.26 bits per heavy atom. The predicted octanol–water partition coefficient (Wildman–Crippen LogP) is 2.66. The summed E-state index contributed by atoms with van der Waals surface area (Å²) in [7, 11) is 0. The van der Waals surface area contributed by atoms with Gasteiger partial charge in [0.25, 0.3) is 5.91 Å². The molecule has 0 spiro atoms. The van der Waals surface area contributed by atoms with Crippen LogP contribution in [-0.4, -0.2) is 10.9 Å². The van der Waals surface area contributed by atoms with Gasteiger partial charge in [-0.05, 0) is 49.2 Å². The summed E-state index contributed by atoms with van der Waals surface area (Å²) in [6.07, 6.45) is 3.28. The first-order chi connectivity index (χ1) is 9.08. The normalized spacial score (nSPS) is 11.9. The van der Waals surface area contributed by atoms with E-state index in [2.05, 4.69) is 10.3 Å². The first-order valence-electron chi connectivity index (χ1n) is 6.15. The topological polar surface area (TPSA) is 68.0 Å². The number of hydrogen-bond donors (Lipinski definition) is 2. The summed E-state index contributed by atoms with van der Waals surface area (Å²) >= 11 is 0. The van der Waals surface area contributed by atoms with Crippen LogP contribution in [0.3, 0.4) is 0 Å². The Labute approximate surface area is 112 Å². The highest BCUT2D eigenvalue weighted by molar-refractivity contribution is 6.04. The van der Waals surface area contributed by atoms with Crippen LogP contribution in [0.5, 0.6) is 0 Å². The van der Waals surface area contributed by atoms with E-state index in [0.717, 1.165) is 16.8 Å². The number of anilines is 1. The summed E-state index contributed by atoms with van der Waals surface area (Å²) in [6, 6.07) is 9.03. The molecule has 4 heteroatoms. The molecule has 0 radical (unpaired) electrons. The summed E-state index contributed by atoms with van der Waals surface area (Å²) in [6.45, 7) is 3.89. The summed E-state index contributed by atoms with van der Waals surface area (Å²) in [4.78, 5) is 16.0. The van der Waals surface area contributed by atoms with Gasteiger partial charge in [-0.3, -0.25) is 9.78 Å². The Hall–Kier alpha value is -2.20. The van der Waals surface area contributed by atoms with E-state index in [0.29, 0.717) is 5.56 Å². The van der Waals surface area contributed by atoms with Crippen molar-refractivity contribution in [1.29, 1.82) is 0 Å². The molecule has 4 nitrogen and oxygen atoms in total. The van der Waals surface area contributed by atoms with Gasteiger partial charge >= 0.3 is 0 Å². The second-order valence-corrected chi connectivity index (χ2v) is 4.55. The van der Waals surface area contributed by atoms with Gasteiger partial charge < -0.3 is 11.1 Å². The van der Waals surface area contributed by atoms with Crippen molar-refractivity contribution in [3.05, 3.63) is 59.4 Å². The number of aryl methyl sites for hydroxylation is 1. The van der Waals surface area contributed by atoms with E-state index >= 15 is 0 Å². The van der Waals surface area contributed by atoms with E-state index in [1.165, 1.54) is 0 Å². The van der Waals surface area contributed by atoms with Gasteiger partial charge in [-0.1, -0.05) is 6.07 Å². The van der Waals surface area contributed by atoms with E-state index in [1.807, 2.05) is 26.0 Å². The van der Waals surface area contributed by atoms with Crippen molar-refractivity contribution in [2.45, 2.75) is 19.9 Å². The Kier molecular flexibility index (Phi) is 3.92. The van der Waals surface area contributed by atoms with Gasteiger partial charge in [-0.15, -0.1) is 0 Å². The van der Waals surface area contributed by atoms with Crippen LogP contribution >= 0.6 is 0 Å². The number of nitrogens with zero attached hydrogens (tertiary/aromatic N) is 1. The lowest BCUT2D eigenvalue weighted by Crippen LogP contribution is -2.13. The first-order valence-corrected chi connectivity index (χ1v) is 6.15. The molecule has 0 aliphatic rings. The van der Waals surface area contributed by atoms with Crippen LogP contribution in [0.4, 0.5) is 5.69 Å². The van der Waals surface area contributed by atoms with E-state index < -0.39 is 0 Å². The fraction of sp³-hybridized carbons (Fsp3) is 0.200. The van der Waals surface area contributed by atoms with Crippen LogP contribution in [0.15, 0.2) is 42.7 Å². The van der Waals surface area contributed by atoms with Gasteiger partial charge in [0.15, 0.2) is 0 Å². The second-order valence-electron chi connectivity index (χ2n) is 4.55. The minimum absolute atomic E-state index is 0.0303. The number of nitrogens with one attached hydrogen (secondary N) is 1. The highest BCUT2D eigenvalue weighted by Gasteiger charge is 2.09. The van der Waals surface area contributed by atoms with Crippen molar-refractivity contribution < 1.29 is 4.79 Å². The number of nitrogens with two attached hydrogens (primary N) is 1. The summed E-state index contributed by atoms with van der Waals surface area (Å²) in [5, 5.41) is 2.82. The molecule has 1 heterocycles. The molecule has 1 unspecified atom stereocenters. The van der Waals surface area contributed by atoms with Crippen LogP contribution < -0.4 is 11.1 Å². The van der Waals surface area contributed by atoms with Crippen LogP contribution in [0.2, 0.25) is 0 Å². The maximum absolute atomic E-state index is 12.1. The number of rotatable bonds is 3. The number of amides is 1. The average Bonchev–Trinajstić information content (AvgIpc) is 2.39. The van der Waals surface area contributed by atoms with Crippen LogP contribution in [0.25, 0.3) is 0 Å². The monoisotopic (exact) mass is 255 g/mol. The van der Waals surface area contributed by atoms with Gasteiger partial charge in [-0.25, -0.2) is 0 Å². The summed E-state index contributed by atoms with van der Waals surface area (Å²) < 4.78 is 0. The van der Waals surface area contributed by atoms with Crippen LogP contribution in [-0.2, 0) is 0 Å². The van der Waals surface area contributed by atoms with Gasteiger partial charge in [-0.2, -0.15) is 0 Å². The largest absolute Gasteiger partial charge is 0.324 e. The molecule has 19 heavy (non-hydrogen) atoms. The Balaban J connectivity index is 2.18. The zero-order valence-electron chi connectivity index (χ0n) is 11.1. The van der Waals surface area contributed by atoms with E-state index in [4.69, 9.17) is 5.73 Å². The fourth-order valence-electron chi connectivity index (χ4n) is 1.97. The smallest absolute Gasteiger partial charge is 0.255 e. The maximum atomic E-state index is 12.1. The maximum Gasteiger partial charge on any atom is 0.255 e. The van der Waals surface area contributed by atoms with Gasteiger partial charge in [0, 0.05) is 29.7 Å². The SMILES string of the molecule is Cc1cc(C(=O)Nc2ccncc2)ccc1C(C)N. The molecule has 1 amide bonds. The molecule has 0 saturated carbocycles. The number of carbonyl (C=O) groups excluding carboxylic acids is 1. The van der Waals surface area contributed by atoms with Crippen LogP contribution in [0.1, 0.15) is 34.5 Å². The van der Waals surface area contributed by atoms with Crippen molar-refractivity contribution in [3.63, 3.8) is 0 Å². The summed E-state index contributed by atoms with van der Waals surface area (Å²) in [5.41, 5.74) is 9.29. The molecule has 98 valence electrons. The number of benzene rings is 1. The standard InChI is InChI=1S/C15H17N3O/c1-10-9-12(3-4-14(10)11(2)16)15(19)18-13-5-7-17-8-6-13/h3-9,11H,16H2,1-2H3,(H,17,18,19). The predicted molar refractivity (Wildman–Crippen MR) is 76.0 cm³/mol. The highest BCUT2D eigenvalue weighted by Crippen LogP contribution is 2.17. The highest BCUT2D eigenvalue weighted by atomic mass is 16.1. The van der Waals surface area contributed by atoms with Gasteiger partial charge in [0.1, 0.15) is 0 Å². The third kappa shape index (κ3) is 3.17. The van der Waals surface area contributed by atoms with E-state index in [-0.39, 0.29) is 11.9 Å². The molecule has 1 aromatic heterocycles. The average molecular weight is 255 g/mol. The molecule has 0 bridgehead atoms. The minimum Gasteiger partial charge on any atom is -0.324 e. The minimum atomic E-state index is -0.134. The Morgan fingerprint density at radius 2 is 1.95 bits per heavy atom. The number of hydrogen-bond acceptors (Lipinski definition) is 3. The van der Waals surface area contributed by atoms with Crippen molar-refractivity contribution in [3.8, 4) is 0 Å². The third-order valence-electron chi connectivity index (χ3n) is 2.96. The molecule has 3 N–H and O–H groups in total. The lowest BCUT2D eigenvalue weighted by atomic mass is 10.00. The zero-order valence-corrected chi connectivity index (χ0v) is 11.1. The third-order valence-corrected chi connectivity index (χ3v) is 2.96. The molecular formula is C15H17N3O. The number of pyridine rings is 1. The van der Waals surface area contributed by atoms with Crippen molar-refractivity contribution in [2.75, 3.05) is 5.32 Å². The zero-order chi connectivity index (χ0) is 13.8. The van der Waals surface area contributed by atoms with Crippen LogP contribution in [0, 0.1) is 6.92 Å². The molecular weight excluding hydrogens is 238 g/mol. The van der Waals surface area contributed by atoms with Gasteiger partial charge in [0.2, 0.25) is 0 Å². The first kappa shape index (κ1) is 13.2. The molecule has 1 aromatic carbocycles. The number of carbonyl (C=O) groups is 1.